The number of rotatable bonds is 1. The van der Waals surface area contributed by atoms with Gasteiger partial charge in [-0.05, 0) is 36.8 Å². The van der Waals surface area contributed by atoms with Crippen LogP contribution in [0.2, 0.25) is 0 Å². The average Bonchev–Trinajstić information content (AvgIpc) is 2.72. The number of hydrogen-bond acceptors (Lipinski definition) is 2. The lowest BCUT2D eigenvalue weighted by atomic mass is 10.3. The molecule has 0 bridgehead atoms. The summed E-state index contributed by atoms with van der Waals surface area (Å²) in [6, 6.07) is 7.02. The van der Waals surface area contributed by atoms with Crippen LogP contribution in [0, 0.1) is 12.7 Å². The van der Waals surface area contributed by atoms with Crippen molar-refractivity contribution in [3.05, 3.63) is 54.2 Å². The summed E-state index contributed by atoms with van der Waals surface area (Å²) in [6.45, 7) is 2.02. The maximum atomic E-state index is 12.8. The molecule has 84 valence electrons. The van der Waals surface area contributed by atoms with E-state index < -0.39 is 0 Å². The van der Waals surface area contributed by atoms with Crippen molar-refractivity contribution < 1.29 is 4.39 Å². The Hall–Kier alpha value is -2.23. The number of aromatic nitrogens is 3. The van der Waals surface area contributed by atoms with E-state index in [4.69, 9.17) is 0 Å². The van der Waals surface area contributed by atoms with E-state index >= 15 is 0 Å². The number of halogens is 1. The molecule has 3 aromatic heterocycles. The van der Waals surface area contributed by atoms with Gasteiger partial charge in [0.25, 0.3) is 0 Å². The molecule has 3 rings (SSSR count). The molecule has 0 saturated carbocycles. The second-order valence-corrected chi connectivity index (χ2v) is 3.96. The van der Waals surface area contributed by atoms with Gasteiger partial charge in [-0.3, -0.25) is 4.98 Å². The Labute approximate surface area is 97.6 Å². The smallest absolute Gasteiger partial charge is 0.141 e. The predicted molar refractivity (Wildman–Crippen MR) is 63.1 cm³/mol. The fourth-order valence-corrected chi connectivity index (χ4v) is 1.73. The van der Waals surface area contributed by atoms with E-state index in [1.807, 2.05) is 35.9 Å². The van der Waals surface area contributed by atoms with Crippen molar-refractivity contribution in [2.75, 3.05) is 0 Å². The van der Waals surface area contributed by atoms with E-state index in [0.29, 0.717) is 5.69 Å². The van der Waals surface area contributed by atoms with Crippen LogP contribution in [0.15, 0.2) is 42.9 Å². The van der Waals surface area contributed by atoms with Gasteiger partial charge in [0.2, 0.25) is 0 Å². The second kappa shape index (κ2) is 3.66. The molecule has 3 heterocycles. The van der Waals surface area contributed by atoms with E-state index in [9.17, 15) is 4.39 Å². The van der Waals surface area contributed by atoms with Crippen molar-refractivity contribution in [2.45, 2.75) is 6.92 Å². The van der Waals surface area contributed by atoms with Gasteiger partial charge in [-0.15, -0.1) is 0 Å². The first-order chi connectivity index (χ1) is 8.22. The lowest BCUT2D eigenvalue weighted by Crippen LogP contribution is -1.83. The lowest BCUT2D eigenvalue weighted by molar-refractivity contribution is 0.622. The van der Waals surface area contributed by atoms with Crippen molar-refractivity contribution >= 4 is 5.65 Å². The molecule has 0 saturated heterocycles. The normalized spacial score (nSPS) is 10.9. The van der Waals surface area contributed by atoms with Gasteiger partial charge in [-0.1, -0.05) is 0 Å². The largest absolute Gasteiger partial charge is 0.306 e. The van der Waals surface area contributed by atoms with Crippen LogP contribution in [0.1, 0.15) is 5.56 Å². The quantitative estimate of drug-likeness (QED) is 0.640. The van der Waals surface area contributed by atoms with Gasteiger partial charge in [0.05, 0.1) is 11.9 Å². The van der Waals surface area contributed by atoms with Crippen molar-refractivity contribution in [2.24, 2.45) is 0 Å². The van der Waals surface area contributed by atoms with Crippen molar-refractivity contribution in [3.63, 3.8) is 0 Å². The molecule has 3 nitrogen and oxygen atoms in total. The average molecular weight is 227 g/mol. The molecule has 0 radical (unpaired) electrons. The van der Waals surface area contributed by atoms with Crippen LogP contribution in [0.3, 0.4) is 0 Å². The first-order valence-electron chi connectivity index (χ1n) is 5.30. The van der Waals surface area contributed by atoms with Crippen molar-refractivity contribution in [1.82, 2.24) is 14.4 Å². The minimum absolute atomic E-state index is 0.339. The molecule has 0 N–H and O–H groups in total. The molecule has 0 aromatic carbocycles. The van der Waals surface area contributed by atoms with E-state index in [0.717, 1.165) is 16.9 Å². The van der Waals surface area contributed by atoms with Crippen LogP contribution in [-0.2, 0) is 0 Å². The first-order valence-corrected chi connectivity index (χ1v) is 5.30. The standard InChI is InChI=1S/C13H10FN3/c1-9-4-5-17-8-12(16-13(17)6-9)11-3-2-10(14)7-15-11/h2-8H,1H3. The monoisotopic (exact) mass is 227 g/mol. The Bertz CT molecular complexity index is 671. The highest BCUT2D eigenvalue weighted by molar-refractivity contribution is 5.59. The number of nitrogens with zero attached hydrogens (tertiary/aromatic N) is 3. The van der Waals surface area contributed by atoms with Crippen LogP contribution in [0.5, 0.6) is 0 Å². The third-order valence-corrected chi connectivity index (χ3v) is 2.61. The van der Waals surface area contributed by atoms with E-state index in [-0.39, 0.29) is 5.82 Å². The van der Waals surface area contributed by atoms with Gasteiger partial charge in [-0.25, -0.2) is 9.37 Å². The summed E-state index contributed by atoms with van der Waals surface area (Å²) in [6.07, 6.45) is 5.03. The van der Waals surface area contributed by atoms with E-state index in [1.54, 1.807) is 6.07 Å². The van der Waals surface area contributed by atoms with E-state index in [1.165, 1.54) is 12.3 Å². The molecule has 0 aliphatic rings. The number of aryl methyl sites for hydroxylation is 1. The Morgan fingerprint density at radius 1 is 1.18 bits per heavy atom. The molecule has 0 amide bonds. The fourth-order valence-electron chi connectivity index (χ4n) is 1.73. The number of hydrogen-bond donors (Lipinski definition) is 0. The maximum Gasteiger partial charge on any atom is 0.141 e. The fraction of sp³-hybridized carbons (Fsp3) is 0.0769. The summed E-state index contributed by atoms with van der Waals surface area (Å²) in [5, 5.41) is 0. The van der Waals surface area contributed by atoms with Crippen LogP contribution in [-0.4, -0.2) is 14.4 Å². The first kappa shape index (κ1) is 9.96. The number of pyridine rings is 2. The molecular formula is C13H10FN3. The zero-order valence-electron chi connectivity index (χ0n) is 9.26. The Morgan fingerprint density at radius 2 is 2.06 bits per heavy atom. The van der Waals surface area contributed by atoms with E-state index in [2.05, 4.69) is 9.97 Å². The van der Waals surface area contributed by atoms with Gasteiger partial charge < -0.3 is 4.40 Å². The number of fused-ring (bicyclic) bond motifs is 1. The molecule has 3 aromatic rings. The molecule has 0 atom stereocenters. The SMILES string of the molecule is Cc1ccn2cc(-c3ccc(F)cn3)nc2c1. The number of imidazole rings is 1. The summed E-state index contributed by atoms with van der Waals surface area (Å²) < 4.78 is 14.7. The summed E-state index contributed by atoms with van der Waals surface area (Å²) in [7, 11) is 0. The predicted octanol–water partition coefficient (Wildman–Crippen LogP) is 2.84. The Morgan fingerprint density at radius 3 is 2.82 bits per heavy atom. The van der Waals surface area contributed by atoms with Crippen LogP contribution in [0.4, 0.5) is 4.39 Å². The minimum atomic E-state index is -0.339. The van der Waals surface area contributed by atoms with Crippen molar-refractivity contribution in [1.29, 1.82) is 0 Å². The summed E-state index contributed by atoms with van der Waals surface area (Å²) in [5.74, 6) is -0.339. The Kier molecular flexibility index (Phi) is 2.14. The zero-order valence-corrected chi connectivity index (χ0v) is 9.26. The van der Waals surface area contributed by atoms with Gasteiger partial charge >= 0.3 is 0 Å². The summed E-state index contributed by atoms with van der Waals surface area (Å²) in [4.78, 5) is 8.47. The topological polar surface area (TPSA) is 30.2 Å². The molecular weight excluding hydrogens is 217 g/mol. The van der Waals surface area contributed by atoms with Gasteiger partial charge in [0.15, 0.2) is 0 Å². The summed E-state index contributed by atoms with van der Waals surface area (Å²) >= 11 is 0. The molecule has 0 aliphatic heterocycles. The molecule has 0 unspecified atom stereocenters. The molecule has 0 fully saturated rings. The Balaban J connectivity index is 2.14. The molecule has 0 spiro atoms. The molecule has 4 heteroatoms. The van der Waals surface area contributed by atoms with Gasteiger partial charge in [0, 0.05) is 12.4 Å². The highest BCUT2D eigenvalue weighted by Crippen LogP contribution is 2.17. The second-order valence-electron chi connectivity index (χ2n) is 3.96. The van der Waals surface area contributed by atoms with Gasteiger partial charge in [-0.2, -0.15) is 0 Å². The van der Waals surface area contributed by atoms with Gasteiger partial charge in [0.1, 0.15) is 17.2 Å². The summed E-state index contributed by atoms with van der Waals surface area (Å²) in [5.41, 5.74) is 3.44. The zero-order chi connectivity index (χ0) is 11.8. The third-order valence-electron chi connectivity index (χ3n) is 2.61. The van der Waals surface area contributed by atoms with Crippen LogP contribution in [0.25, 0.3) is 17.0 Å². The van der Waals surface area contributed by atoms with Crippen LogP contribution < -0.4 is 0 Å². The molecule has 0 aliphatic carbocycles. The maximum absolute atomic E-state index is 12.8. The highest BCUT2D eigenvalue weighted by Gasteiger charge is 2.05. The lowest BCUT2D eigenvalue weighted by Gasteiger charge is -1.93. The minimum Gasteiger partial charge on any atom is -0.306 e. The third kappa shape index (κ3) is 1.78. The van der Waals surface area contributed by atoms with Crippen molar-refractivity contribution in [3.8, 4) is 11.4 Å². The highest BCUT2D eigenvalue weighted by atomic mass is 19.1. The van der Waals surface area contributed by atoms with Crippen LogP contribution >= 0.6 is 0 Å². The molecule has 17 heavy (non-hydrogen) atoms.